The maximum absolute atomic E-state index is 10.1. The van der Waals surface area contributed by atoms with E-state index in [1.54, 1.807) is 6.20 Å². The standard InChI is InChI=1S/C12H12ClNO2S/c1-2-16-9-5-3-8(4-6-9)11(15)10-7-14-12(13)17-10/h3-7,11,15H,2H2,1H3. The van der Waals surface area contributed by atoms with Crippen molar-refractivity contribution < 1.29 is 9.84 Å². The van der Waals surface area contributed by atoms with Gasteiger partial charge in [0.25, 0.3) is 0 Å². The summed E-state index contributed by atoms with van der Waals surface area (Å²) in [7, 11) is 0. The summed E-state index contributed by atoms with van der Waals surface area (Å²) in [6.07, 6.45) is 0.907. The zero-order valence-electron chi connectivity index (χ0n) is 9.26. The van der Waals surface area contributed by atoms with Crippen molar-refractivity contribution in [2.75, 3.05) is 6.61 Å². The largest absolute Gasteiger partial charge is 0.494 e. The van der Waals surface area contributed by atoms with Crippen molar-refractivity contribution in [3.05, 3.63) is 45.4 Å². The molecule has 5 heteroatoms. The molecule has 0 amide bonds. The smallest absolute Gasteiger partial charge is 0.183 e. The van der Waals surface area contributed by atoms with Gasteiger partial charge in [-0.25, -0.2) is 4.98 Å². The number of aliphatic hydroxyl groups is 1. The maximum Gasteiger partial charge on any atom is 0.183 e. The Labute approximate surface area is 109 Å². The van der Waals surface area contributed by atoms with Gasteiger partial charge in [-0.3, -0.25) is 0 Å². The molecule has 0 spiro atoms. The fraction of sp³-hybridized carbons (Fsp3) is 0.250. The Hall–Kier alpha value is -1.10. The molecule has 0 radical (unpaired) electrons. The lowest BCUT2D eigenvalue weighted by Gasteiger charge is -2.09. The number of aliphatic hydroxyl groups excluding tert-OH is 1. The number of rotatable bonds is 4. The Morgan fingerprint density at radius 1 is 1.41 bits per heavy atom. The molecular formula is C12H12ClNO2S. The number of hydrogen-bond acceptors (Lipinski definition) is 4. The van der Waals surface area contributed by atoms with Crippen molar-refractivity contribution in [2.45, 2.75) is 13.0 Å². The highest BCUT2D eigenvalue weighted by molar-refractivity contribution is 7.15. The van der Waals surface area contributed by atoms with E-state index in [0.717, 1.165) is 16.2 Å². The lowest BCUT2D eigenvalue weighted by atomic mass is 10.1. The van der Waals surface area contributed by atoms with Crippen molar-refractivity contribution in [1.29, 1.82) is 0 Å². The van der Waals surface area contributed by atoms with Crippen molar-refractivity contribution in [3.8, 4) is 5.75 Å². The highest BCUT2D eigenvalue weighted by atomic mass is 35.5. The third-order valence-corrected chi connectivity index (χ3v) is 3.44. The van der Waals surface area contributed by atoms with E-state index < -0.39 is 6.10 Å². The molecule has 0 aliphatic carbocycles. The summed E-state index contributed by atoms with van der Waals surface area (Å²) in [6.45, 7) is 2.56. The number of halogens is 1. The first-order chi connectivity index (χ1) is 8.20. The van der Waals surface area contributed by atoms with Gasteiger partial charge in [-0.05, 0) is 24.6 Å². The van der Waals surface area contributed by atoms with Gasteiger partial charge >= 0.3 is 0 Å². The van der Waals surface area contributed by atoms with Crippen LogP contribution < -0.4 is 4.74 Å². The van der Waals surface area contributed by atoms with E-state index in [1.165, 1.54) is 11.3 Å². The third kappa shape index (κ3) is 2.97. The van der Waals surface area contributed by atoms with Gasteiger partial charge in [0.1, 0.15) is 11.9 Å². The maximum atomic E-state index is 10.1. The van der Waals surface area contributed by atoms with Crippen LogP contribution in [0.3, 0.4) is 0 Å². The first kappa shape index (κ1) is 12.4. The van der Waals surface area contributed by atoms with Gasteiger partial charge in [0, 0.05) is 6.20 Å². The number of aromatic nitrogens is 1. The van der Waals surface area contributed by atoms with Crippen LogP contribution in [0.1, 0.15) is 23.5 Å². The van der Waals surface area contributed by atoms with E-state index >= 15 is 0 Å². The van der Waals surface area contributed by atoms with Crippen LogP contribution in [-0.4, -0.2) is 16.7 Å². The van der Waals surface area contributed by atoms with Gasteiger partial charge in [0.15, 0.2) is 4.47 Å². The summed E-state index contributed by atoms with van der Waals surface area (Å²) >= 11 is 7.01. The predicted octanol–water partition coefficient (Wildman–Crippen LogP) is 3.28. The molecule has 17 heavy (non-hydrogen) atoms. The van der Waals surface area contributed by atoms with Gasteiger partial charge in [-0.15, -0.1) is 11.3 Å². The predicted molar refractivity (Wildman–Crippen MR) is 68.8 cm³/mol. The molecule has 0 aliphatic rings. The molecule has 2 rings (SSSR count). The highest BCUT2D eigenvalue weighted by Crippen LogP contribution is 2.29. The van der Waals surface area contributed by atoms with Crippen molar-refractivity contribution in [2.24, 2.45) is 0 Å². The average molecular weight is 270 g/mol. The lowest BCUT2D eigenvalue weighted by Crippen LogP contribution is -1.97. The van der Waals surface area contributed by atoms with E-state index in [2.05, 4.69) is 4.98 Å². The highest BCUT2D eigenvalue weighted by Gasteiger charge is 2.13. The number of ether oxygens (including phenoxy) is 1. The van der Waals surface area contributed by atoms with E-state index in [4.69, 9.17) is 16.3 Å². The van der Waals surface area contributed by atoms with Gasteiger partial charge in [-0.2, -0.15) is 0 Å². The topological polar surface area (TPSA) is 42.4 Å². The van der Waals surface area contributed by atoms with Gasteiger partial charge < -0.3 is 9.84 Å². The average Bonchev–Trinajstić information content (AvgIpc) is 2.76. The molecule has 1 heterocycles. The molecule has 0 saturated carbocycles. The molecule has 1 unspecified atom stereocenters. The second-order valence-corrected chi connectivity index (χ2v) is 5.06. The number of nitrogens with zero attached hydrogens (tertiary/aromatic N) is 1. The monoisotopic (exact) mass is 269 g/mol. The fourth-order valence-corrected chi connectivity index (χ4v) is 2.44. The zero-order valence-corrected chi connectivity index (χ0v) is 10.8. The minimum absolute atomic E-state index is 0.435. The van der Waals surface area contributed by atoms with Crippen LogP contribution in [0.5, 0.6) is 5.75 Å². The second-order valence-electron chi connectivity index (χ2n) is 3.42. The van der Waals surface area contributed by atoms with Gasteiger partial charge in [-0.1, -0.05) is 23.7 Å². The van der Waals surface area contributed by atoms with Crippen LogP contribution in [0.25, 0.3) is 0 Å². The molecule has 0 bridgehead atoms. The first-order valence-electron chi connectivity index (χ1n) is 5.22. The lowest BCUT2D eigenvalue weighted by molar-refractivity contribution is 0.223. The van der Waals surface area contributed by atoms with E-state index in [-0.39, 0.29) is 0 Å². The molecule has 90 valence electrons. The number of benzene rings is 1. The normalized spacial score (nSPS) is 12.4. The Morgan fingerprint density at radius 2 is 2.12 bits per heavy atom. The Balaban J connectivity index is 2.16. The molecule has 1 aromatic heterocycles. The Morgan fingerprint density at radius 3 is 2.65 bits per heavy atom. The van der Waals surface area contributed by atoms with Gasteiger partial charge in [0.05, 0.1) is 11.5 Å². The minimum Gasteiger partial charge on any atom is -0.494 e. The van der Waals surface area contributed by atoms with Crippen molar-refractivity contribution in [3.63, 3.8) is 0 Å². The van der Waals surface area contributed by atoms with E-state index in [0.29, 0.717) is 11.1 Å². The molecule has 1 atom stereocenters. The molecule has 1 aromatic carbocycles. The molecule has 0 saturated heterocycles. The number of hydrogen-bond donors (Lipinski definition) is 1. The molecule has 0 fully saturated rings. The Kier molecular flexibility index (Phi) is 3.99. The summed E-state index contributed by atoms with van der Waals surface area (Å²) in [5.74, 6) is 0.797. The SMILES string of the molecule is CCOc1ccc(C(O)c2cnc(Cl)s2)cc1. The molecule has 0 aliphatic heterocycles. The quantitative estimate of drug-likeness (QED) is 0.926. The van der Waals surface area contributed by atoms with Crippen molar-refractivity contribution in [1.82, 2.24) is 4.98 Å². The first-order valence-corrected chi connectivity index (χ1v) is 6.42. The van der Waals surface area contributed by atoms with Crippen LogP contribution in [0.15, 0.2) is 30.5 Å². The van der Waals surface area contributed by atoms with Crippen molar-refractivity contribution >= 4 is 22.9 Å². The van der Waals surface area contributed by atoms with Crippen LogP contribution >= 0.6 is 22.9 Å². The molecule has 2 aromatic rings. The summed E-state index contributed by atoms with van der Waals surface area (Å²) in [5, 5.41) is 10.1. The van der Waals surface area contributed by atoms with E-state index in [1.807, 2.05) is 31.2 Å². The summed E-state index contributed by atoms with van der Waals surface area (Å²) in [6, 6.07) is 7.35. The fourth-order valence-electron chi connectivity index (χ4n) is 1.47. The zero-order chi connectivity index (χ0) is 12.3. The van der Waals surface area contributed by atoms with Gasteiger partial charge in [0.2, 0.25) is 0 Å². The summed E-state index contributed by atoms with van der Waals surface area (Å²) in [4.78, 5) is 4.64. The molecule has 3 nitrogen and oxygen atoms in total. The third-order valence-electron chi connectivity index (χ3n) is 2.27. The second kappa shape index (κ2) is 5.49. The summed E-state index contributed by atoms with van der Waals surface area (Å²) < 4.78 is 5.77. The van der Waals surface area contributed by atoms with Crippen LogP contribution in [0.4, 0.5) is 0 Å². The molecular weight excluding hydrogens is 258 g/mol. The van der Waals surface area contributed by atoms with Crippen LogP contribution in [0.2, 0.25) is 4.47 Å². The Bertz CT molecular complexity index is 484. The van der Waals surface area contributed by atoms with E-state index in [9.17, 15) is 5.11 Å². The van der Waals surface area contributed by atoms with Crippen LogP contribution in [0, 0.1) is 0 Å². The molecule has 1 N–H and O–H groups in total. The van der Waals surface area contributed by atoms with Crippen LogP contribution in [-0.2, 0) is 0 Å². The number of thiazole rings is 1. The summed E-state index contributed by atoms with van der Waals surface area (Å²) in [5.41, 5.74) is 0.800. The minimum atomic E-state index is -0.685.